The van der Waals surface area contributed by atoms with Crippen molar-refractivity contribution in [2.24, 2.45) is 5.92 Å². The van der Waals surface area contributed by atoms with Crippen molar-refractivity contribution in [2.75, 3.05) is 20.2 Å². The molecule has 0 spiro atoms. The van der Waals surface area contributed by atoms with Crippen LogP contribution in [0, 0.1) is 5.92 Å². The topological polar surface area (TPSA) is 67.4 Å². The third kappa shape index (κ3) is 4.57. The number of amides is 2. The minimum Gasteiger partial charge on any atom is -0.497 e. The molecule has 0 atom stereocenters. The molecule has 0 unspecified atom stereocenters. The predicted octanol–water partition coefficient (Wildman–Crippen LogP) is 0.880. The van der Waals surface area contributed by atoms with E-state index in [0.29, 0.717) is 19.5 Å². The van der Waals surface area contributed by atoms with Crippen molar-refractivity contribution in [1.29, 1.82) is 0 Å². The molecule has 0 aromatic heterocycles. The first-order chi connectivity index (χ1) is 9.69. The summed E-state index contributed by atoms with van der Waals surface area (Å²) < 4.78 is 5.11. The molecule has 0 radical (unpaired) electrons. The second-order valence-electron chi connectivity index (χ2n) is 4.94. The Morgan fingerprint density at radius 2 is 2.00 bits per heavy atom. The van der Waals surface area contributed by atoms with Gasteiger partial charge < -0.3 is 15.4 Å². The zero-order valence-corrected chi connectivity index (χ0v) is 11.6. The van der Waals surface area contributed by atoms with Crippen LogP contribution in [0.4, 0.5) is 0 Å². The molecule has 0 heterocycles. The molecule has 1 saturated carbocycles. The van der Waals surface area contributed by atoms with Crippen LogP contribution in [0.5, 0.6) is 5.75 Å². The van der Waals surface area contributed by atoms with Gasteiger partial charge in [0.25, 0.3) is 0 Å². The van der Waals surface area contributed by atoms with Crippen molar-refractivity contribution in [3.05, 3.63) is 29.8 Å². The number of hydrogen-bond donors (Lipinski definition) is 2. The SMILES string of the molecule is COc1cccc(CC(=O)NCCNC(=O)C2CC2)c1. The molecule has 0 bridgehead atoms. The summed E-state index contributed by atoms with van der Waals surface area (Å²) in [5, 5.41) is 5.60. The number of methoxy groups -OCH3 is 1. The van der Waals surface area contributed by atoms with Crippen LogP contribution in [0.25, 0.3) is 0 Å². The molecule has 5 heteroatoms. The minimum atomic E-state index is -0.0566. The zero-order chi connectivity index (χ0) is 14.4. The minimum absolute atomic E-state index is 0.0566. The molecule has 1 aromatic carbocycles. The fraction of sp³-hybridized carbons (Fsp3) is 0.467. The molecule has 1 fully saturated rings. The van der Waals surface area contributed by atoms with Crippen molar-refractivity contribution in [2.45, 2.75) is 19.3 Å². The average molecular weight is 276 g/mol. The van der Waals surface area contributed by atoms with Crippen molar-refractivity contribution >= 4 is 11.8 Å². The van der Waals surface area contributed by atoms with Gasteiger partial charge in [-0.25, -0.2) is 0 Å². The maximum Gasteiger partial charge on any atom is 0.224 e. The van der Waals surface area contributed by atoms with Gasteiger partial charge in [0.1, 0.15) is 5.75 Å². The monoisotopic (exact) mass is 276 g/mol. The van der Waals surface area contributed by atoms with E-state index < -0.39 is 0 Å². The molecular formula is C15H20N2O3. The summed E-state index contributed by atoms with van der Waals surface area (Å²) in [4.78, 5) is 23.1. The van der Waals surface area contributed by atoms with E-state index in [9.17, 15) is 9.59 Å². The Morgan fingerprint density at radius 1 is 1.25 bits per heavy atom. The van der Waals surface area contributed by atoms with E-state index in [2.05, 4.69) is 10.6 Å². The molecule has 5 nitrogen and oxygen atoms in total. The largest absolute Gasteiger partial charge is 0.497 e. The van der Waals surface area contributed by atoms with Gasteiger partial charge in [-0.2, -0.15) is 0 Å². The fourth-order valence-corrected chi connectivity index (χ4v) is 1.91. The van der Waals surface area contributed by atoms with E-state index in [0.717, 1.165) is 24.2 Å². The number of rotatable bonds is 7. The van der Waals surface area contributed by atoms with Crippen LogP contribution >= 0.6 is 0 Å². The summed E-state index contributed by atoms with van der Waals surface area (Å²) in [6.45, 7) is 0.945. The summed E-state index contributed by atoms with van der Waals surface area (Å²) in [6, 6.07) is 7.43. The Labute approximate surface area is 118 Å². The van der Waals surface area contributed by atoms with Crippen LogP contribution in [-0.4, -0.2) is 32.0 Å². The lowest BCUT2D eigenvalue weighted by atomic mass is 10.1. The van der Waals surface area contributed by atoms with Gasteiger partial charge in [0.2, 0.25) is 11.8 Å². The van der Waals surface area contributed by atoms with Crippen molar-refractivity contribution in [3.8, 4) is 5.75 Å². The Hall–Kier alpha value is -2.04. The first-order valence-corrected chi connectivity index (χ1v) is 6.86. The van der Waals surface area contributed by atoms with Gasteiger partial charge in [-0.1, -0.05) is 12.1 Å². The van der Waals surface area contributed by atoms with Crippen LogP contribution in [0.1, 0.15) is 18.4 Å². The molecule has 2 amide bonds. The van der Waals surface area contributed by atoms with E-state index >= 15 is 0 Å². The van der Waals surface area contributed by atoms with Crippen LogP contribution in [0.2, 0.25) is 0 Å². The van der Waals surface area contributed by atoms with Crippen LogP contribution in [0.3, 0.4) is 0 Å². The molecule has 2 N–H and O–H groups in total. The highest BCUT2D eigenvalue weighted by atomic mass is 16.5. The first-order valence-electron chi connectivity index (χ1n) is 6.86. The van der Waals surface area contributed by atoms with E-state index in [1.54, 1.807) is 7.11 Å². The predicted molar refractivity (Wildman–Crippen MR) is 75.4 cm³/mol. The Kier molecular flexibility index (Phi) is 4.98. The zero-order valence-electron chi connectivity index (χ0n) is 11.6. The number of ether oxygens (including phenoxy) is 1. The second kappa shape index (κ2) is 6.93. The summed E-state index contributed by atoms with van der Waals surface area (Å²) in [5.74, 6) is 1.00. The summed E-state index contributed by atoms with van der Waals surface area (Å²) >= 11 is 0. The van der Waals surface area contributed by atoms with Gasteiger partial charge in [0, 0.05) is 19.0 Å². The van der Waals surface area contributed by atoms with E-state index in [4.69, 9.17) is 4.74 Å². The summed E-state index contributed by atoms with van der Waals surface area (Å²) in [7, 11) is 1.60. The van der Waals surface area contributed by atoms with E-state index in [1.807, 2.05) is 24.3 Å². The smallest absolute Gasteiger partial charge is 0.224 e. The molecular weight excluding hydrogens is 256 g/mol. The lowest BCUT2D eigenvalue weighted by molar-refractivity contribution is -0.123. The lowest BCUT2D eigenvalue weighted by Crippen LogP contribution is -2.35. The number of nitrogens with one attached hydrogen (secondary N) is 2. The van der Waals surface area contributed by atoms with Gasteiger partial charge in [0.05, 0.1) is 13.5 Å². The Bertz CT molecular complexity index is 484. The second-order valence-corrected chi connectivity index (χ2v) is 4.94. The first kappa shape index (κ1) is 14.4. The Balaban J connectivity index is 1.65. The van der Waals surface area contributed by atoms with Gasteiger partial charge >= 0.3 is 0 Å². The molecule has 1 aromatic rings. The molecule has 20 heavy (non-hydrogen) atoms. The highest BCUT2D eigenvalue weighted by Crippen LogP contribution is 2.28. The highest BCUT2D eigenvalue weighted by Gasteiger charge is 2.28. The maximum absolute atomic E-state index is 11.7. The quantitative estimate of drug-likeness (QED) is 0.726. The summed E-state index contributed by atoms with van der Waals surface area (Å²) in [6.07, 6.45) is 2.30. The van der Waals surface area contributed by atoms with Crippen molar-refractivity contribution in [3.63, 3.8) is 0 Å². The molecule has 2 rings (SSSR count). The van der Waals surface area contributed by atoms with Crippen LogP contribution < -0.4 is 15.4 Å². The third-order valence-electron chi connectivity index (χ3n) is 3.19. The van der Waals surface area contributed by atoms with Gasteiger partial charge in [0.15, 0.2) is 0 Å². The third-order valence-corrected chi connectivity index (χ3v) is 3.19. The molecule has 0 saturated heterocycles. The van der Waals surface area contributed by atoms with E-state index in [1.165, 1.54) is 0 Å². The van der Waals surface area contributed by atoms with Crippen LogP contribution in [-0.2, 0) is 16.0 Å². The molecule has 108 valence electrons. The maximum atomic E-state index is 11.7. The van der Waals surface area contributed by atoms with Gasteiger partial charge in [-0.05, 0) is 30.5 Å². The normalized spacial score (nSPS) is 13.7. The van der Waals surface area contributed by atoms with Gasteiger partial charge in [-0.15, -0.1) is 0 Å². The van der Waals surface area contributed by atoms with Crippen molar-refractivity contribution in [1.82, 2.24) is 10.6 Å². The Morgan fingerprint density at radius 3 is 2.70 bits per heavy atom. The standard InChI is InChI=1S/C15H20N2O3/c1-20-13-4-2-3-11(9-13)10-14(18)16-7-8-17-15(19)12-5-6-12/h2-4,9,12H,5-8,10H2,1H3,(H,16,18)(H,17,19). The molecule has 0 aliphatic heterocycles. The lowest BCUT2D eigenvalue weighted by Gasteiger charge is -2.07. The summed E-state index contributed by atoms with van der Waals surface area (Å²) in [5.41, 5.74) is 0.906. The fourth-order valence-electron chi connectivity index (χ4n) is 1.91. The van der Waals surface area contributed by atoms with Crippen molar-refractivity contribution < 1.29 is 14.3 Å². The average Bonchev–Trinajstić information content (AvgIpc) is 3.28. The number of carbonyl (C=O) groups is 2. The van der Waals surface area contributed by atoms with Gasteiger partial charge in [-0.3, -0.25) is 9.59 Å². The van der Waals surface area contributed by atoms with E-state index in [-0.39, 0.29) is 17.7 Å². The van der Waals surface area contributed by atoms with Crippen LogP contribution in [0.15, 0.2) is 24.3 Å². The highest BCUT2D eigenvalue weighted by molar-refractivity contribution is 5.81. The number of benzene rings is 1. The molecule has 1 aliphatic rings. The molecule has 1 aliphatic carbocycles. The number of carbonyl (C=O) groups excluding carboxylic acids is 2. The number of hydrogen-bond acceptors (Lipinski definition) is 3.